The number of benzene rings is 1. The molecular formula is C18H26N2O. The molecule has 1 aliphatic heterocycles. The van der Waals surface area contributed by atoms with Gasteiger partial charge in [-0.3, -0.25) is 0 Å². The van der Waals surface area contributed by atoms with Crippen LogP contribution in [0.3, 0.4) is 0 Å². The Kier molecular flexibility index (Phi) is 3.14. The predicted octanol–water partition coefficient (Wildman–Crippen LogP) is 1.80. The van der Waals surface area contributed by atoms with E-state index in [1.807, 2.05) is 0 Å². The van der Waals surface area contributed by atoms with E-state index in [2.05, 4.69) is 30.1 Å². The van der Waals surface area contributed by atoms with E-state index >= 15 is 0 Å². The maximum atomic E-state index is 9.53. The number of nitrogens with zero attached hydrogens (tertiary/aromatic N) is 1. The summed E-state index contributed by atoms with van der Waals surface area (Å²) in [6.07, 6.45) is 6.33. The topological polar surface area (TPSA) is 49.5 Å². The van der Waals surface area contributed by atoms with Crippen molar-refractivity contribution in [3.8, 4) is 0 Å². The van der Waals surface area contributed by atoms with Crippen molar-refractivity contribution in [2.24, 2.45) is 11.7 Å². The molecule has 2 unspecified atom stereocenters. The quantitative estimate of drug-likeness (QED) is 0.828. The molecule has 2 fully saturated rings. The van der Waals surface area contributed by atoms with Gasteiger partial charge in [0, 0.05) is 24.0 Å². The number of aliphatic hydroxyl groups excluding tert-OH is 1. The molecule has 1 aromatic carbocycles. The number of nitrogens with two attached hydrogens (primary N) is 1. The van der Waals surface area contributed by atoms with Crippen molar-refractivity contribution in [3.05, 3.63) is 34.9 Å². The second-order valence-electron chi connectivity index (χ2n) is 7.36. The number of rotatable bonds is 1. The molecule has 1 aromatic rings. The molecule has 1 saturated carbocycles. The fraction of sp³-hybridized carbons (Fsp3) is 0.667. The molecule has 4 atom stereocenters. The van der Waals surface area contributed by atoms with E-state index in [0.29, 0.717) is 12.0 Å². The molecule has 0 radical (unpaired) electrons. The normalized spacial score (nSPS) is 38.7. The average molecular weight is 286 g/mol. The number of aliphatic hydroxyl groups is 1. The summed E-state index contributed by atoms with van der Waals surface area (Å²) < 4.78 is 0. The predicted molar refractivity (Wildman–Crippen MR) is 84.1 cm³/mol. The van der Waals surface area contributed by atoms with Gasteiger partial charge in [0.2, 0.25) is 0 Å². The summed E-state index contributed by atoms with van der Waals surface area (Å²) in [5, 5.41) is 9.53. The standard InChI is InChI=1S/C18H26N2O/c1-20-10-17(19)18-7-3-2-4-14(18)16(20)9-13-6-5-12(11-21)8-15(13)18/h5-6,8,14,16-17,21H,2-4,7,9-11,19H2,1H3/t14?,16-,17?,18-/m0/s1. The van der Waals surface area contributed by atoms with Gasteiger partial charge in [-0.25, -0.2) is 0 Å². The van der Waals surface area contributed by atoms with Crippen LogP contribution in [0.4, 0.5) is 0 Å². The monoisotopic (exact) mass is 286 g/mol. The largest absolute Gasteiger partial charge is 0.392 e. The maximum absolute atomic E-state index is 9.53. The summed E-state index contributed by atoms with van der Waals surface area (Å²) in [4.78, 5) is 2.50. The Morgan fingerprint density at radius 3 is 3.05 bits per heavy atom. The van der Waals surface area contributed by atoms with Gasteiger partial charge >= 0.3 is 0 Å². The Labute approximate surface area is 127 Å². The highest BCUT2D eigenvalue weighted by Crippen LogP contribution is 2.55. The minimum absolute atomic E-state index is 0.132. The Morgan fingerprint density at radius 1 is 1.38 bits per heavy atom. The highest BCUT2D eigenvalue weighted by molar-refractivity contribution is 5.45. The van der Waals surface area contributed by atoms with Crippen LogP contribution < -0.4 is 5.73 Å². The second-order valence-corrected chi connectivity index (χ2v) is 7.36. The molecule has 3 aliphatic rings. The average Bonchev–Trinajstić information content (AvgIpc) is 2.52. The number of fused-ring (bicyclic) bond motifs is 1. The van der Waals surface area contributed by atoms with E-state index in [1.165, 1.54) is 36.8 Å². The first-order chi connectivity index (χ1) is 10.2. The van der Waals surface area contributed by atoms with Crippen LogP contribution >= 0.6 is 0 Å². The molecule has 0 amide bonds. The highest BCUT2D eigenvalue weighted by atomic mass is 16.3. The van der Waals surface area contributed by atoms with Gasteiger partial charge in [0.25, 0.3) is 0 Å². The van der Waals surface area contributed by atoms with Crippen molar-refractivity contribution in [2.75, 3.05) is 13.6 Å². The molecule has 0 spiro atoms. The van der Waals surface area contributed by atoms with Gasteiger partial charge in [0.15, 0.2) is 0 Å². The SMILES string of the molecule is CN1CC(N)[C@@]23CCCCC2[C@@H]1Cc1ccc(CO)cc13. The zero-order valence-corrected chi connectivity index (χ0v) is 12.9. The molecule has 0 aromatic heterocycles. The van der Waals surface area contributed by atoms with Crippen molar-refractivity contribution >= 4 is 0 Å². The van der Waals surface area contributed by atoms with Crippen molar-refractivity contribution in [2.45, 2.75) is 56.2 Å². The summed E-state index contributed by atoms with van der Waals surface area (Å²) >= 11 is 0. The molecule has 3 heteroatoms. The third-order valence-corrected chi connectivity index (χ3v) is 6.48. The minimum Gasteiger partial charge on any atom is -0.392 e. The van der Waals surface area contributed by atoms with Crippen LogP contribution in [0, 0.1) is 5.92 Å². The lowest BCUT2D eigenvalue weighted by molar-refractivity contribution is -0.0128. The minimum atomic E-state index is 0.132. The summed E-state index contributed by atoms with van der Waals surface area (Å²) in [6, 6.07) is 7.45. The molecular weight excluding hydrogens is 260 g/mol. The van der Waals surface area contributed by atoms with E-state index < -0.39 is 0 Å². The van der Waals surface area contributed by atoms with Gasteiger partial charge in [0.1, 0.15) is 0 Å². The Morgan fingerprint density at radius 2 is 2.24 bits per heavy atom. The lowest BCUT2D eigenvalue weighted by Gasteiger charge is -2.61. The fourth-order valence-electron chi connectivity index (χ4n) is 5.53. The summed E-state index contributed by atoms with van der Waals surface area (Å²) in [5.74, 6) is 0.696. The van der Waals surface area contributed by atoms with E-state index in [4.69, 9.17) is 5.73 Å². The fourth-order valence-corrected chi connectivity index (χ4v) is 5.53. The molecule has 3 nitrogen and oxygen atoms in total. The van der Waals surface area contributed by atoms with E-state index in [-0.39, 0.29) is 18.1 Å². The third kappa shape index (κ3) is 1.77. The molecule has 3 N–H and O–H groups in total. The van der Waals surface area contributed by atoms with E-state index in [0.717, 1.165) is 18.5 Å². The van der Waals surface area contributed by atoms with Crippen molar-refractivity contribution < 1.29 is 5.11 Å². The first-order valence-electron chi connectivity index (χ1n) is 8.36. The Bertz CT molecular complexity index is 558. The zero-order valence-electron chi connectivity index (χ0n) is 12.9. The zero-order chi connectivity index (χ0) is 14.6. The summed E-state index contributed by atoms with van der Waals surface area (Å²) in [6.45, 7) is 1.14. The Hall–Kier alpha value is -0.900. The van der Waals surface area contributed by atoms with Crippen LogP contribution in [-0.4, -0.2) is 35.7 Å². The molecule has 4 rings (SSSR count). The molecule has 21 heavy (non-hydrogen) atoms. The highest BCUT2D eigenvalue weighted by Gasteiger charge is 2.56. The molecule has 2 aliphatic carbocycles. The van der Waals surface area contributed by atoms with Gasteiger partial charge in [-0.15, -0.1) is 0 Å². The second kappa shape index (κ2) is 4.80. The van der Waals surface area contributed by atoms with Crippen molar-refractivity contribution in [1.29, 1.82) is 0 Å². The molecule has 2 bridgehead atoms. The first kappa shape index (κ1) is 13.7. The number of likely N-dealkylation sites (tertiary alicyclic amines) is 1. The van der Waals surface area contributed by atoms with Crippen molar-refractivity contribution in [1.82, 2.24) is 4.90 Å². The Balaban J connectivity index is 1.92. The van der Waals surface area contributed by atoms with Crippen LogP contribution in [-0.2, 0) is 18.4 Å². The number of piperidine rings is 1. The lowest BCUT2D eigenvalue weighted by Crippen LogP contribution is -2.69. The molecule has 1 saturated heterocycles. The van der Waals surface area contributed by atoms with Crippen LogP contribution in [0.25, 0.3) is 0 Å². The lowest BCUT2D eigenvalue weighted by atomic mass is 9.50. The maximum Gasteiger partial charge on any atom is 0.0681 e. The number of hydrogen-bond acceptors (Lipinski definition) is 3. The van der Waals surface area contributed by atoms with Crippen LogP contribution in [0.1, 0.15) is 42.4 Å². The summed E-state index contributed by atoms with van der Waals surface area (Å²) in [7, 11) is 2.25. The number of likely N-dealkylation sites (N-methyl/N-ethyl adjacent to an activating group) is 1. The van der Waals surface area contributed by atoms with E-state index in [9.17, 15) is 5.11 Å². The van der Waals surface area contributed by atoms with Gasteiger partial charge in [-0.05, 0) is 48.9 Å². The van der Waals surface area contributed by atoms with Crippen LogP contribution in [0.15, 0.2) is 18.2 Å². The van der Waals surface area contributed by atoms with Gasteiger partial charge in [0.05, 0.1) is 6.61 Å². The number of hydrogen-bond donors (Lipinski definition) is 2. The smallest absolute Gasteiger partial charge is 0.0681 e. The van der Waals surface area contributed by atoms with Crippen molar-refractivity contribution in [3.63, 3.8) is 0 Å². The summed E-state index contributed by atoms with van der Waals surface area (Å²) in [5.41, 5.74) is 10.9. The van der Waals surface area contributed by atoms with Gasteiger partial charge in [-0.1, -0.05) is 31.0 Å². The van der Waals surface area contributed by atoms with E-state index in [1.54, 1.807) is 0 Å². The first-order valence-corrected chi connectivity index (χ1v) is 8.36. The van der Waals surface area contributed by atoms with Crippen LogP contribution in [0.5, 0.6) is 0 Å². The molecule has 114 valence electrons. The van der Waals surface area contributed by atoms with Gasteiger partial charge < -0.3 is 15.7 Å². The van der Waals surface area contributed by atoms with Crippen LogP contribution in [0.2, 0.25) is 0 Å². The van der Waals surface area contributed by atoms with Gasteiger partial charge in [-0.2, -0.15) is 0 Å². The molecule has 1 heterocycles. The third-order valence-electron chi connectivity index (χ3n) is 6.48.